The molecule has 0 bridgehead atoms. The Balaban J connectivity index is 1.41. The van der Waals surface area contributed by atoms with Gasteiger partial charge in [-0.3, -0.25) is 4.79 Å². The van der Waals surface area contributed by atoms with Crippen LogP contribution in [0, 0.1) is 0 Å². The molecule has 1 saturated heterocycles. The van der Waals surface area contributed by atoms with E-state index in [1.807, 2.05) is 12.1 Å². The molecule has 27 heavy (non-hydrogen) atoms. The number of rotatable bonds is 7. The highest BCUT2D eigenvalue weighted by Gasteiger charge is 2.34. The van der Waals surface area contributed by atoms with Crippen LogP contribution in [0.2, 0.25) is 5.02 Å². The van der Waals surface area contributed by atoms with E-state index in [4.69, 9.17) is 26.2 Å². The molecule has 1 aliphatic carbocycles. The number of aliphatic hydroxyl groups excluding tert-OH is 1. The Hall–Kier alpha value is -2.24. The molecule has 1 heterocycles. The first-order chi connectivity index (χ1) is 13.2. The van der Waals surface area contributed by atoms with E-state index in [1.165, 1.54) is 18.4 Å². The number of ether oxygens (including phenoxy) is 2. The largest absolute Gasteiger partial charge is 0.490 e. The SMILES string of the molecule is O=C1C(Oc2ccc(C3CC3)cc2)CCN1c1ccc(OCCO)c(Cl)c1. The fourth-order valence-corrected chi connectivity index (χ4v) is 3.58. The van der Waals surface area contributed by atoms with Crippen molar-refractivity contribution in [3.8, 4) is 11.5 Å². The first-order valence-electron chi connectivity index (χ1n) is 9.27. The molecule has 2 aromatic rings. The summed E-state index contributed by atoms with van der Waals surface area (Å²) in [7, 11) is 0. The Kier molecular flexibility index (Phi) is 5.23. The maximum Gasteiger partial charge on any atom is 0.268 e. The highest BCUT2D eigenvalue weighted by atomic mass is 35.5. The summed E-state index contributed by atoms with van der Waals surface area (Å²) in [5, 5.41) is 9.25. The maximum absolute atomic E-state index is 12.8. The second kappa shape index (κ2) is 7.79. The zero-order chi connectivity index (χ0) is 18.8. The fraction of sp³-hybridized carbons (Fsp3) is 0.381. The molecule has 1 N–H and O–H groups in total. The zero-order valence-electron chi connectivity index (χ0n) is 14.9. The third kappa shape index (κ3) is 4.04. The lowest BCUT2D eigenvalue weighted by molar-refractivity contribution is -0.122. The van der Waals surface area contributed by atoms with Gasteiger partial charge in [-0.1, -0.05) is 23.7 Å². The van der Waals surface area contributed by atoms with Gasteiger partial charge in [0.25, 0.3) is 5.91 Å². The predicted molar refractivity (Wildman–Crippen MR) is 104 cm³/mol. The van der Waals surface area contributed by atoms with Crippen LogP contribution in [-0.4, -0.2) is 36.9 Å². The van der Waals surface area contributed by atoms with Crippen molar-refractivity contribution in [2.24, 2.45) is 0 Å². The van der Waals surface area contributed by atoms with Gasteiger partial charge < -0.3 is 19.5 Å². The summed E-state index contributed by atoms with van der Waals surface area (Å²) in [5.41, 5.74) is 2.07. The van der Waals surface area contributed by atoms with Crippen LogP contribution >= 0.6 is 11.6 Å². The van der Waals surface area contributed by atoms with Crippen LogP contribution in [-0.2, 0) is 4.79 Å². The molecule has 1 saturated carbocycles. The topological polar surface area (TPSA) is 59.0 Å². The van der Waals surface area contributed by atoms with Gasteiger partial charge in [0.15, 0.2) is 6.10 Å². The molecule has 2 fully saturated rings. The minimum Gasteiger partial charge on any atom is -0.490 e. The molecule has 1 unspecified atom stereocenters. The molecule has 4 rings (SSSR count). The van der Waals surface area contributed by atoms with Gasteiger partial charge in [0.2, 0.25) is 0 Å². The molecule has 0 aromatic heterocycles. The Morgan fingerprint density at radius 2 is 1.89 bits per heavy atom. The van der Waals surface area contributed by atoms with Crippen molar-refractivity contribution in [1.29, 1.82) is 0 Å². The number of hydrogen-bond donors (Lipinski definition) is 1. The maximum atomic E-state index is 12.8. The van der Waals surface area contributed by atoms with E-state index in [1.54, 1.807) is 23.1 Å². The first-order valence-corrected chi connectivity index (χ1v) is 9.64. The van der Waals surface area contributed by atoms with Crippen LogP contribution in [0.1, 0.15) is 30.7 Å². The lowest BCUT2D eigenvalue weighted by Crippen LogP contribution is -2.32. The Morgan fingerprint density at radius 1 is 1.11 bits per heavy atom. The number of amides is 1. The van der Waals surface area contributed by atoms with Crippen molar-refractivity contribution >= 4 is 23.2 Å². The molecule has 6 heteroatoms. The summed E-state index contributed by atoms with van der Waals surface area (Å²) in [5.74, 6) is 1.85. The third-order valence-corrected chi connectivity index (χ3v) is 5.23. The predicted octanol–water partition coefficient (Wildman–Crippen LogP) is 3.77. The average Bonchev–Trinajstić information content (AvgIpc) is 3.46. The standard InChI is InChI=1S/C21H22ClNO4/c22-18-13-16(5-8-19(18)26-12-11-24)23-10-9-20(21(23)25)27-17-6-3-15(4-7-17)14-1-2-14/h3-8,13-14,20,24H,1-2,9-12H2. The average molecular weight is 388 g/mol. The van der Waals surface area contributed by atoms with E-state index < -0.39 is 6.10 Å². The molecular weight excluding hydrogens is 366 g/mol. The van der Waals surface area contributed by atoms with Crippen molar-refractivity contribution in [2.45, 2.75) is 31.3 Å². The quantitative estimate of drug-likeness (QED) is 0.785. The fourth-order valence-electron chi connectivity index (χ4n) is 3.35. The monoisotopic (exact) mass is 387 g/mol. The van der Waals surface area contributed by atoms with Crippen molar-refractivity contribution in [3.63, 3.8) is 0 Å². The van der Waals surface area contributed by atoms with Crippen molar-refractivity contribution in [1.82, 2.24) is 0 Å². The molecule has 0 spiro atoms. The summed E-state index contributed by atoms with van der Waals surface area (Å²) in [6, 6.07) is 13.3. The Labute approximate surface area is 163 Å². The van der Waals surface area contributed by atoms with Crippen LogP contribution in [0.3, 0.4) is 0 Å². The van der Waals surface area contributed by atoms with Gasteiger partial charge in [-0.15, -0.1) is 0 Å². The molecule has 0 radical (unpaired) electrons. The summed E-state index contributed by atoms with van der Waals surface area (Å²) >= 11 is 6.23. The number of anilines is 1. The molecule has 5 nitrogen and oxygen atoms in total. The highest BCUT2D eigenvalue weighted by Crippen LogP contribution is 2.40. The van der Waals surface area contributed by atoms with Gasteiger partial charge in [-0.2, -0.15) is 0 Å². The normalized spacial score (nSPS) is 19.4. The van der Waals surface area contributed by atoms with E-state index >= 15 is 0 Å². The molecular formula is C21H22ClNO4. The Morgan fingerprint density at radius 3 is 2.56 bits per heavy atom. The lowest BCUT2D eigenvalue weighted by Gasteiger charge is -2.18. The summed E-state index contributed by atoms with van der Waals surface area (Å²) in [6.45, 7) is 0.678. The smallest absolute Gasteiger partial charge is 0.268 e. The number of hydrogen-bond acceptors (Lipinski definition) is 4. The van der Waals surface area contributed by atoms with Gasteiger partial charge in [-0.25, -0.2) is 0 Å². The summed E-state index contributed by atoms with van der Waals surface area (Å²) in [6.07, 6.45) is 2.68. The molecule has 2 aromatic carbocycles. The van der Waals surface area contributed by atoms with E-state index in [9.17, 15) is 4.79 Å². The molecule has 2 aliphatic rings. The highest BCUT2D eigenvalue weighted by molar-refractivity contribution is 6.32. The van der Waals surface area contributed by atoms with E-state index in [-0.39, 0.29) is 19.1 Å². The molecule has 142 valence electrons. The number of benzene rings is 2. The molecule has 1 amide bonds. The minimum absolute atomic E-state index is 0.0682. The third-order valence-electron chi connectivity index (χ3n) is 4.94. The second-order valence-electron chi connectivity index (χ2n) is 6.92. The molecule has 1 atom stereocenters. The number of halogens is 1. The van der Waals surface area contributed by atoms with Gasteiger partial charge >= 0.3 is 0 Å². The summed E-state index contributed by atoms with van der Waals surface area (Å²) in [4.78, 5) is 14.4. The minimum atomic E-state index is -0.485. The van der Waals surface area contributed by atoms with Crippen LogP contribution in [0.25, 0.3) is 0 Å². The number of carbonyl (C=O) groups is 1. The van der Waals surface area contributed by atoms with Gasteiger partial charge in [0, 0.05) is 18.7 Å². The van der Waals surface area contributed by atoms with E-state index in [2.05, 4.69) is 12.1 Å². The van der Waals surface area contributed by atoms with Crippen molar-refractivity contribution in [2.75, 3.05) is 24.7 Å². The van der Waals surface area contributed by atoms with Crippen molar-refractivity contribution < 1.29 is 19.4 Å². The lowest BCUT2D eigenvalue weighted by atomic mass is 10.1. The zero-order valence-corrected chi connectivity index (χ0v) is 15.7. The van der Waals surface area contributed by atoms with Crippen LogP contribution in [0.5, 0.6) is 11.5 Å². The second-order valence-corrected chi connectivity index (χ2v) is 7.32. The van der Waals surface area contributed by atoms with Crippen LogP contribution < -0.4 is 14.4 Å². The van der Waals surface area contributed by atoms with Crippen LogP contribution in [0.15, 0.2) is 42.5 Å². The summed E-state index contributed by atoms with van der Waals surface area (Å²) < 4.78 is 11.3. The first kappa shape index (κ1) is 18.1. The van der Waals surface area contributed by atoms with E-state index in [0.717, 1.165) is 11.4 Å². The van der Waals surface area contributed by atoms with Gasteiger partial charge in [0.1, 0.15) is 18.1 Å². The van der Waals surface area contributed by atoms with E-state index in [0.29, 0.717) is 29.7 Å². The number of nitrogens with zero attached hydrogens (tertiary/aromatic N) is 1. The van der Waals surface area contributed by atoms with Gasteiger partial charge in [0.05, 0.1) is 11.6 Å². The van der Waals surface area contributed by atoms with Gasteiger partial charge in [-0.05, 0) is 54.7 Å². The number of carbonyl (C=O) groups excluding carboxylic acids is 1. The van der Waals surface area contributed by atoms with Crippen LogP contribution in [0.4, 0.5) is 5.69 Å². The Bertz CT molecular complexity index is 819. The number of aliphatic hydroxyl groups is 1. The van der Waals surface area contributed by atoms with Crippen molar-refractivity contribution in [3.05, 3.63) is 53.1 Å². The molecule has 1 aliphatic heterocycles.